The van der Waals surface area contributed by atoms with Gasteiger partial charge in [-0.1, -0.05) is 36.4 Å². The quantitative estimate of drug-likeness (QED) is 0.789. The van der Waals surface area contributed by atoms with Crippen molar-refractivity contribution in [2.75, 3.05) is 19.3 Å². The molecule has 1 saturated carbocycles. The fourth-order valence-corrected chi connectivity index (χ4v) is 5.35. The van der Waals surface area contributed by atoms with Crippen LogP contribution in [0.2, 0.25) is 0 Å². The molecule has 2 aliphatic rings. The van der Waals surface area contributed by atoms with E-state index in [1.807, 2.05) is 35.2 Å². The van der Waals surface area contributed by atoms with Gasteiger partial charge in [-0.25, -0.2) is 17.5 Å². The highest BCUT2D eigenvalue weighted by molar-refractivity contribution is 7.88. The molecule has 1 amide bonds. The minimum Gasteiger partial charge on any atom is -0.342 e. The number of nitrogens with one attached hydrogen (secondary N) is 1. The van der Waals surface area contributed by atoms with Gasteiger partial charge in [0.1, 0.15) is 5.82 Å². The number of rotatable bonds is 5. The van der Waals surface area contributed by atoms with Crippen LogP contribution < -0.4 is 4.72 Å². The predicted molar refractivity (Wildman–Crippen MR) is 115 cm³/mol. The standard InChI is InChI=1S/C23H27FN2O3S/c1-30(28,29)25-18-8-5-12-26(13-11-18)23(27)22-15-21(22)20-14-17(24)9-10-19(20)16-6-3-2-4-7-16/h2-4,6-7,9-10,14,18,21-22,25H,5,8,11-13,15H2,1H3/t18-,21-,22+/m0/s1. The van der Waals surface area contributed by atoms with Gasteiger partial charge < -0.3 is 4.90 Å². The van der Waals surface area contributed by atoms with E-state index in [0.717, 1.165) is 36.0 Å². The first-order valence-electron chi connectivity index (χ1n) is 10.4. The molecule has 2 fully saturated rings. The highest BCUT2D eigenvalue weighted by atomic mass is 32.2. The molecule has 4 rings (SSSR count). The lowest BCUT2D eigenvalue weighted by Gasteiger charge is -2.21. The Bertz CT molecular complexity index is 1030. The minimum atomic E-state index is -3.25. The van der Waals surface area contributed by atoms with Crippen molar-refractivity contribution < 1.29 is 17.6 Å². The lowest BCUT2D eigenvalue weighted by molar-refractivity contribution is -0.132. The van der Waals surface area contributed by atoms with Gasteiger partial charge in [-0.15, -0.1) is 0 Å². The first-order chi connectivity index (χ1) is 14.3. The second kappa shape index (κ2) is 8.47. The Hall–Kier alpha value is -2.25. The molecular formula is C23H27FN2O3S. The summed E-state index contributed by atoms with van der Waals surface area (Å²) in [6.45, 7) is 1.18. The topological polar surface area (TPSA) is 66.5 Å². The Balaban J connectivity index is 1.46. The van der Waals surface area contributed by atoms with Crippen molar-refractivity contribution in [1.29, 1.82) is 0 Å². The minimum absolute atomic E-state index is 0.0246. The molecule has 3 atom stereocenters. The average Bonchev–Trinajstić information content (AvgIpc) is 3.51. The van der Waals surface area contributed by atoms with Gasteiger partial charge in [0, 0.05) is 25.0 Å². The summed E-state index contributed by atoms with van der Waals surface area (Å²) < 4.78 is 39.7. The summed E-state index contributed by atoms with van der Waals surface area (Å²) in [6.07, 6.45) is 4.01. The first-order valence-corrected chi connectivity index (χ1v) is 12.3. The van der Waals surface area contributed by atoms with E-state index in [0.29, 0.717) is 19.5 Å². The number of carbonyl (C=O) groups is 1. The van der Waals surface area contributed by atoms with Crippen molar-refractivity contribution in [3.63, 3.8) is 0 Å². The Morgan fingerprint density at radius 1 is 1.10 bits per heavy atom. The predicted octanol–water partition coefficient (Wildman–Crippen LogP) is 3.53. The molecule has 0 radical (unpaired) electrons. The van der Waals surface area contributed by atoms with Crippen molar-refractivity contribution in [2.24, 2.45) is 5.92 Å². The van der Waals surface area contributed by atoms with Gasteiger partial charge >= 0.3 is 0 Å². The number of hydrogen-bond donors (Lipinski definition) is 1. The number of likely N-dealkylation sites (tertiary alicyclic amines) is 1. The van der Waals surface area contributed by atoms with Crippen molar-refractivity contribution in [1.82, 2.24) is 9.62 Å². The van der Waals surface area contributed by atoms with Crippen LogP contribution in [-0.2, 0) is 14.8 Å². The third-order valence-corrected chi connectivity index (χ3v) is 6.79. The summed E-state index contributed by atoms with van der Waals surface area (Å²) >= 11 is 0. The van der Waals surface area contributed by atoms with Gasteiger partial charge in [-0.2, -0.15) is 0 Å². The fourth-order valence-electron chi connectivity index (χ4n) is 4.50. The van der Waals surface area contributed by atoms with Crippen LogP contribution in [0.25, 0.3) is 11.1 Å². The van der Waals surface area contributed by atoms with Gasteiger partial charge in [0.25, 0.3) is 0 Å². The fraction of sp³-hybridized carbons (Fsp3) is 0.435. The van der Waals surface area contributed by atoms with Crippen LogP contribution in [0, 0.1) is 11.7 Å². The Kier molecular flexibility index (Phi) is 5.93. The largest absolute Gasteiger partial charge is 0.342 e. The number of amides is 1. The van der Waals surface area contributed by atoms with Gasteiger partial charge in [-0.05, 0) is 60.4 Å². The maximum absolute atomic E-state index is 14.0. The molecule has 1 heterocycles. The van der Waals surface area contributed by atoms with Crippen molar-refractivity contribution in [3.8, 4) is 11.1 Å². The molecule has 0 aromatic heterocycles. The van der Waals surface area contributed by atoms with Gasteiger partial charge in [0.15, 0.2) is 0 Å². The van der Waals surface area contributed by atoms with Gasteiger partial charge in [0.05, 0.1) is 6.26 Å². The molecule has 1 saturated heterocycles. The SMILES string of the molecule is CS(=O)(=O)N[C@H]1CCCN(C(=O)[C@@H]2C[C@H]2c2cc(F)ccc2-c2ccccc2)CC1. The molecule has 0 spiro atoms. The number of sulfonamides is 1. The molecule has 160 valence electrons. The van der Waals surface area contributed by atoms with Crippen molar-refractivity contribution >= 4 is 15.9 Å². The second-order valence-corrected chi connectivity index (χ2v) is 10.2. The van der Waals surface area contributed by atoms with E-state index >= 15 is 0 Å². The summed E-state index contributed by atoms with van der Waals surface area (Å²) in [5, 5.41) is 0. The maximum atomic E-state index is 14.0. The summed E-state index contributed by atoms with van der Waals surface area (Å²) in [6, 6.07) is 14.6. The van der Waals surface area contributed by atoms with Crippen molar-refractivity contribution in [3.05, 3.63) is 59.9 Å². The zero-order valence-corrected chi connectivity index (χ0v) is 17.9. The van der Waals surface area contributed by atoms with Crippen LogP contribution in [0.15, 0.2) is 48.5 Å². The number of benzene rings is 2. The summed E-state index contributed by atoms with van der Waals surface area (Å²) in [5.74, 6) is -0.291. The zero-order valence-electron chi connectivity index (χ0n) is 17.1. The van der Waals surface area contributed by atoms with Crippen LogP contribution in [0.4, 0.5) is 4.39 Å². The number of carbonyl (C=O) groups excluding carboxylic acids is 1. The molecule has 7 heteroatoms. The van der Waals surface area contributed by atoms with E-state index in [2.05, 4.69) is 4.72 Å². The van der Waals surface area contributed by atoms with E-state index in [1.54, 1.807) is 12.1 Å². The Morgan fingerprint density at radius 2 is 1.87 bits per heavy atom. The third kappa shape index (κ3) is 4.90. The van der Waals surface area contributed by atoms with Crippen LogP contribution in [0.5, 0.6) is 0 Å². The molecule has 1 aliphatic heterocycles. The number of halogens is 1. The van der Waals surface area contributed by atoms with Gasteiger partial charge in [0.2, 0.25) is 15.9 Å². The molecule has 0 unspecified atom stereocenters. The van der Waals surface area contributed by atoms with E-state index in [1.165, 1.54) is 12.3 Å². The van der Waals surface area contributed by atoms with Crippen LogP contribution >= 0.6 is 0 Å². The van der Waals surface area contributed by atoms with Gasteiger partial charge in [-0.3, -0.25) is 4.79 Å². The number of hydrogen-bond acceptors (Lipinski definition) is 3. The highest BCUT2D eigenvalue weighted by Crippen LogP contribution is 2.51. The van der Waals surface area contributed by atoms with E-state index in [4.69, 9.17) is 0 Å². The monoisotopic (exact) mass is 430 g/mol. The molecule has 2 aromatic rings. The number of nitrogens with zero attached hydrogens (tertiary/aromatic N) is 1. The van der Waals surface area contributed by atoms with E-state index in [-0.39, 0.29) is 29.6 Å². The molecule has 0 bridgehead atoms. The molecule has 1 aliphatic carbocycles. The molecule has 5 nitrogen and oxygen atoms in total. The summed E-state index contributed by atoms with van der Waals surface area (Å²) in [7, 11) is -3.25. The van der Waals surface area contributed by atoms with Crippen LogP contribution in [0.1, 0.15) is 37.2 Å². The third-order valence-electron chi connectivity index (χ3n) is 6.03. The first kappa shape index (κ1) is 21.0. The zero-order chi connectivity index (χ0) is 21.3. The maximum Gasteiger partial charge on any atom is 0.226 e. The van der Waals surface area contributed by atoms with E-state index < -0.39 is 10.0 Å². The van der Waals surface area contributed by atoms with E-state index in [9.17, 15) is 17.6 Å². The Labute approximate surface area is 177 Å². The smallest absolute Gasteiger partial charge is 0.226 e. The van der Waals surface area contributed by atoms with Crippen molar-refractivity contribution in [2.45, 2.75) is 37.6 Å². The highest BCUT2D eigenvalue weighted by Gasteiger charge is 2.47. The summed E-state index contributed by atoms with van der Waals surface area (Å²) in [4.78, 5) is 15.0. The lowest BCUT2D eigenvalue weighted by atomic mass is 9.95. The second-order valence-electron chi connectivity index (χ2n) is 8.39. The Morgan fingerprint density at radius 3 is 2.60 bits per heavy atom. The summed E-state index contributed by atoms with van der Waals surface area (Å²) in [5.41, 5.74) is 2.90. The molecule has 1 N–H and O–H groups in total. The normalized spacial score (nSPS) is 24.3. The molecular weight excluding hydrogens is 403 g/mol. The van der Waals surface area contributed by atoms with Crippen LogP contribution in [0.3, 0.4) is 0 Å². The lowest BCUT2D eigenvalue weighted by Crippen LogP contribution is -2.36. The average molecular weight is 431 g/mol. The molecule has 2 aromatic carbocycles. The molecule has 30 heavy (non-hydrogen) atoms. The van der Waals surface area contributed by atoms with Crippen LogP contribution in [-0.4, -0.2) is 44.6 Å².